The quantitative estimate of drug-likeness (QED) is 0.549. The maximum absolute atomic E-state index is 12.8. The van der Waals surface area contributed by atoms with Crippen LogP contribution in [0.2, 0.25) is 0 Å². The lowest BCUT2D eigenvalue weighted by Crippen LogP contribution is -2.04. The Labute approximate surface area is 140 Å². The summed E-state index contributed by atoms with van der Waals surface area (Å²) in [5, 5.41) is 15.7. The molecule has 2 aromatic carbocycles. The van der Waals surface area contributed by atoms with Crippen LogP contribution in [0.4, 0.5) is 10.1 Å². The Balaban J connectivity index is 1.65. The maximum Gasteiger partial charge on any atom is 0.162 e. The lowest BCUT2D eigenvalue weighted by atomic mass is 10.3. The molecule has 0 aliphatic rings. The van der Waals surface area contributed by atoms with E-state index >= 15 is 0 Å². The number of tetrazole rings is 1. The van der Waals surface area contributed by atoms with Gasteiger partial charge in [0, 0.05) is 17.1 Å². The minimum Gasteiger partial charge on any atom is -0.279 e. The first-order chi connectivity index (χ1) is 11.2. The molecule has 0 saturated carbocycles. The number of nitrogens with zero attached hydrogens (tertiary/aromatic N) is 5. The molecule has 0 atom stereocenters. The molecule has 116 valence electrons. The third-order valence-corrected chi connectivity index (χ3v) is 3.54. The summed E-state index contributed by atoms with van der Waals surface area (Å²) in [6, 6.07) is 13.6. The monoisotopic (exact) mass is 374 g/mol. The number of benzene rings is 2. The summed E-state index contributed by atoms with van der Waals surface area (Å²) in [6.07, 6.45) is 2.11. The summed E-state index contributed by atoms with van der Waals surface area (Å²) < 4.78 is 15.4. The number of aromatic nitrogens is 4. The molecule has 0 aliphatic carbocycles. The zero-order valence-electron chi connectivity index (χ0n) is 11.9. The Morgan fingerprint density at radius 2 is 1.87 bits per heavy atom. The van der Waals surface area contributed by atoms with Crippen molar-refractivity contribution in [2.24, 2.45) is 5.10 Å². The minimum absolute atomic E-state index is 0.284. The first kappa shape index (κ1) is 15.3. The lowest BCUT2D eigenvalue weighted by molar-refractivity contribution is 0.628. The van der Waals surface area contributed by atoms with Crippen LogP contribution in [0.15, 0.2) is 58.1 Å². The van der Waals surface area contributed by atoms with E-state index in [4.69, 9.17) is 0 Å². The predicted molar refractivity (Wildman–Crippen MR) is 89.1 cm³/mol. The van der Waals surface area contributed by atoms with Gasteiger partial charge in [-0.3, -0.25) is 5.43 Å². The van der Waals surface area contributed by atoms with Gasteiger partial charge >= 0.3 is 0 Å². The largest absolute Gasteiger partial charge is 0.279 e. The number of rotatable bonds is 5. The van der Waals surface area contributed by atoms with Crippen molar-refractivity contribution in [3.8, 4) is 5.69 Å². The summed E-state index contributed by atoms with van der Waals surface area (Å²) in [5.74, 6) is 0.380. The zero-order chi connectivity index (χ0) is 16.1. The Hall–Kier alpha value is -2.61. The minimum atomic E-state index is -0.284. The van der Waals surface area contributed by atoms with Gasteiger partial charge in [0.25, 0.3) is 0 Å². The summed E-state index contributed by atoms with van der Waals surface area (Å²) in [5.41, 5.74) is 4.39. The Morgan fingerprint density at radius 1 is 1.13 bits per heavy atom. The standard InChI is InChI=1S/C15H12BrFN6/c16-11-1-7-14(8-2-11)23-15(20-21-22-23)9-10-18-19-13-5-3-12(17)4-6-13/h1-8,10,19H,9H2/b18-10-. The third-order valence-electron chi connectivity index (χ3n) is 3.01. The number of hydrazone groups is 1. The fraction of sp³-hybridized carbons (Fsp3) is 0.0667. The van der Waals surface area contributed by atoms with Gasteiger partial charge in [0.2, 0.25) is 0 Å². The van der Waals surface area contributed by atoms with Crippen LogP contribution in [0.25, 0.3) is 5.69 Å². The van der Waals surface area contributed by atoms with Gasteiger partial charge in [-0.25, -0.2) is 4.39 Å². The molecule has 0 unspecified atom stereocenters. The molecule has 0 radical (unpaired) electrons. The van der Waals surface area contributed by atoms with Crippen molar-refractivity contribution in [1.82, 2.24) is 20.2 Å². The first-order valence-electron chi connectivity index (χ1n) is 6.79. The van der Waals surface area contributed by atoms with Gasteiger partial charge in [-0.1, -0.05) is 15.9 Å². The van der Waals surface area contributed by atoms with Gasteiger partial charge in [-0.05, 0) is 59.0 Å². The summed E-state index contributed by atoms with van der Waals surface area (Å²) in [4.78, 5) is 0. The van der Waals surface area contributed by atoms with Crippen LogP contribution < -0.4 is 5.43 Å². The predicted octanol–water partition coefficient (Wildman–Crippen LogP) is 3.20. The Kier molecular flexibility index (Phi) is 4.72. The van der Waals surface area contributed by atoms with Crippen LogP contribution in [-0.2, 0) is 6.42 Å². The molecule has 0 amide bonds. The van der Waals surface area contributed by atoms with E-state index in [0.29, 0.717) is 17.9 Å². The molecule has 0 bridgehead atoms. The van der Waals surface area contributed by atoms with Crippen LogP contribution in [-0.4, -0.2) is 26.4 Å². The van der Waals surface area contributed by atoms with Crippen molar-refractivity contribution >= 4 is 27.8 Å². The molecule has 0 saturated heterocycles. The number of halogens is 2. The van der Waals surface area contributed by atoms with Gasteiger partial charge in [0.05, 0.1) is 11.4 Å². The smallest absolute Gasteiger partial charge is 0.162 e. The van der Waals surface area contributed by atoms with Crippen molar-refractivity contribution in [2.45, 2.75) is 6.42 Å². The lowest BCUT2D eigenvalue weighted by Gasteiger charge is -2.03. The van der Waals surface area contributed by atoms with E-state index in [-0.39, 0.29) is 5.82 Å². The SMILES string of the molecule is Fc1ccc(N/N=C\Cc2nnnn2-c2ccc(Br)cc2)cc1. The van der Waals surface area contributed by atoms with E-state index in [1.165, 1.54) is 12.1 Å². The molecule has 6 nitrogen and oxygen atoms in total. The van der Waals surface area contributed by atoms with E-state index in [9.17, 15) is 4.39 Å². The van der Waals surface area contributed by atoms with Crippen molar-refractivity contribution in [3.63, 3.8) is 0 Å². The van der Waals surface area contributed by atoms with Gasteiger partial charge in [-0.2, -0.15) is 9.78 Å². The molecular formula is C15H12BrFN6. The van der Waals surface area contributed by atoms with Crippen LogP contribution in [0.1, 0.15) is 5.82 Å². The Bertz CT molecular complexity index is 798. The van der Waals surface area contributed by atoms with E-state index in [1.807, 2.05) is 24.3 Å². The van der Waals surface area contributed by atoms with E-state index < -0.39 is 0 Å². The average molecular weight is 375 g/mol. The number of hydrogen-bond acceptors (Lipinski definition) is 5. The van der Waals surface area contributed by atoms with Gasteiger partial charge in [0.1, 0.15) is 5.82 Å². The fourth-order valence-corrected chi connectivity index (χ4v) is 2.15. The van der Waals surface area contributed by atoms with Crippen LogP contribution >= 0.6 is 15.9 Å². The number of nitrogens with one attached hydrogen (secondary N) is 1. The second-order valence-corrected chi connectivity index (χ2v) is 5.53. The highest BCUT2D eigenvalue weighted by molar-refractivity contribution is 9.10. The number of anilines is 1. The molecule has 3 aromatic rings. The molecule has 0 fully saturated rings. The molecule has 1 heterocycles. The number of hydrogen-bond donors (Lipinski definition) is 1. The summed E-state index contributed by atoms with van der Waals surface area (Å²) in [6.45, 7) is 0. The molecule has 3 rings (SSSR count). The van der Waals surface area contributed by atoms with Crippen molar-refractivity contribution in [3.05, 3.63) is 64.6 Å². The van der Waals surface area contributed by atoms with E-state index in [1.54, 1.807) is 23.0 Å². The van der Waals surface area contributed by atoms with E-state index in [2.05, 4.69) is 42.0 Å². The summed E-state index contributed by atoms with van der Waals surface area (Å²) in [7, 11) is 0. The highest BCUT2D eigenvalue weighted by atomic mass is 79.9. The van der Waals surface area contributed by atoms with Gasteiger partial charge < -0.3 is 0 Å². The van der Waals surface area contributed by atoms with Crippen molar-refractivity contribution < 1.29 is 4.39 Å². The molecule has 23 heavy (non-hydrogen) atoms. The van der Waals surface area contributed by atoms with Crippen molar-refractivity contribution in [1.29, 1.82) is 0 Å². The maximum atomic E-state index is 12.8. The highest BCUT2D eigenvalue weighted by Crippen LogP contribution is 2.14. The molecule has 0 aliphatic heterocycles. The van der Waals surface area contributed by atoms with Gasteiger partial charge in [0.15, 0.2) is 5.82 Å². The second-order valence-electron chi connectivity index (χ2n) is 4.62. The molecule has 0 spiro atoms. The highest BCUT2D eigenvalue weighted by Gasteiger charge is 2.06. The molecule has 1 N–H and O–H groups in total. The molecular weight excluding hydrogens is 363 g/mol. The van der Waals surface area contributed by atoms with Crippen LogP contribution in [0.3, 0.4) is 0 Å². The van der Waals surface area contributed by atoms with Gasteiger partial charge in [-0.15, -0.1) is 5.10 Å². The second kappa shape index (κ2) is 7.10. The average Bonchev–Trinajstić information content (AvgIpc) is 3.02. The van der Waals surface area contributed by atoms with E-state index in [0.717, 1.165) is 10.2 Å². The topological polar surface area (TPSA) is 68.0 Å². The van der Waals surface area contributed by atoms with Crippen LogP contribution in [0.5, 0.6) is 0 Å². The molecule has 8 heteroatoms. The Morgan fingerprint density at radius 3 is 2.61 bits per heavy atom. The zero-order valence-corrected chi connectivity index (χ0v) is 13.5. The summed E-state index contributed by atoms with van der Waals surface area (Å²) >= 11 is 3.39. The van der Waals surface area contributed by atoms with Crippen molar-refractivity contribution in [2.75, 3.05) is 5.43 Å². The normalized spacial score (nSPS) is 11.0. The third kappa shape index (κ3) is 3.98. The fourth-order valence-electron chi connectivity index (χ4n) is 1.89. The van der Waals surface area contributed by atoms with Crippen LogP contribution in [0, 0.1) is 5.82 Å². The first-order valence-corrected chi connectivity index (χ1v) is 7.58. The molecule has 1 aromatic heterocycles.